The smallest absolute Gasteiger partial charge is 0.229 e. The van der Waals surface area contributed by atoms with Gasteiger partial charge in [0.1, 0.15) is 5.75 Å². The van der Waals surface area contributed by atoms with Gasteiger partial charge in [0.25, 0.3) is 0 Å². The van der Waals surface area contributed by atoms with E-state index in [1.165, 1.54) is 12.1 Å². The molecule has 3 aromatic rings. The number of hydrogen-bond donors (Lipinski definition) is 4. The van der Waals surface area contributed by atoms with Gasteiger partial charge in [0, 0.05) is 12.6 Å². The summed E-state index contributed by atoms with van der Waals surface area (Å²) in [5.74, 6) is 1.19. The van der Waals surface area contributed by atoms with Crippen LogP contribution in [0, 0.1) is 0 Å². The summed E-state index contributed by atoms with van der Waals surface area (Å²) in [5, 5.41) is 24.3. The number of nitrogens with one attached hydrogen (secondary N) is 2. The third kappa shape index (κ3) is 8.96. The van der Waals surface area contributed by atoms with E-state index in [1.54, 1.807) is 6.07 Å². The number of aliphatic hydroxyl groups excluding tert-OH is 1. The Kier molecular flexibility index (Phi) is 10.2. The van der Waals surface area contributed by atoms with Crippen LogP contribution in [0.1, 0.15) is 36.6 Å². The van der Waals surface area contributed by atoms with Gasteiger partial charge in [0.15, 0.2) is 11.5 Å². The molecule has 0 aliphatic rings. The first-order valence-corrected chi connectivity index (χ1v) is 14.2. The van der Waals surface area contributed by atoms with Crippen LogP contribution in [0.25, 0.3) is 0 Å². The number of ether oxygens (including phenoxy) is 2. The Morgan fingerprint density at radius 2 is 1.57 bits per heavy atom. The lowest BCUT2D eigenvalue weighted by atomic mass is 9.97. The van der Waals surface area contributed by atoms with Crippen LogP contribution in [-0.4, -0.2) is 50.7 Å². The molecule has 2 unspecified atom stereocenters. The normalized spacial score (nSPS) is 13.1. The summed E-state index contributed by atoms with van der Waals surface area (Å²) in [5.41, 5.74) is 2.93. The maximum atomic E-state index is 11.6. The van der Waals surface area contributed by atoms with E-state index < -0.39 is 16.1 Å². The van der Waals surface area contributed by atoms with Crippen LogP contribution in [0.5, 0.6) is 17.2 Å². The Bertz CT molecular complexity index is 1250. The SMILES string of the molecule is CCOc1ccc(C(Cc2ccccc2)NCC(O)Cc2ccc(O)c(NS(C)(=O)=O)c2)cc1OCC. The lowest BCUT2D eigenvalue weighted by molar-refractivity contribution is 0.167. The average Bonchev–Trinajstić information content (AvgIpc) is 2.85. The predicted molar refractivity (Wildman–Crippen MR) is 146 cm³/mol. The van der Waals surface area contributed by atoms with E-state index in [0.29, 0.717) is 43.2 Å². The summed E-state index contributed by atoms with van der Waals surface area (Å²) < 4.78 is 37.0. The van der Waals surface area contributed by atoms with Gasteiger partial charge in [-0.2, -0.15) is 0 Å². The number of anilines is 1. The molecule has 0 bridgehead atoms. The highest BCUT2D eigenvalue weighted by molar-refractivity contribution is 7.92. The maximum Gasteiger partial charge on any atom is 0.229 e. The molecule has 37 heavy (non-hydrogen) atoms. The van der Waals surface area contributed by atoms with E-state index in [9.17, 15) is 18.6 Å². The zero-order valence-corrected chi connectivity index (χ0v) is 22.3. The number of benzene rings is 3. The van der Waals surface area contributed by atoms with E-state index >= 15 is 0 Å². The lowest BCUT2D eigenvalue weighted by Gasteiger charge is -2.23. The number of aromatic hydroxyl groups is 1. The van der Waals surface area contributed by atoms with Crippen LogP contribution in [-0.2, 0) is 22.9 Å². The van der Waals surface area contributed by atoms with E-state index in [4.69, 9.17) is 9.47 Å². The Hall–Kier alpha value is -3.27. The van der Waals surface area contributed by atoms with Gasteiger partial charge in [-0.15, -0.1) is 0 Å². The van der Waals surface area contributed by atoms with Gasteiger partial charge in [-0.3, -0.25) is 4.72 Å². The van der Waals surface area contributed by atoms with Gasteiger partial charge in [0.05, 0.1) is 31.3 Å². The Labute approximate surface area is 219 Å². The molecule has 0 radical (unpaired) electrons. The van der Waals surface area contributed by atoms with E-state index in [2.05, 4.69) is 22.2 Å². The van der Waals surface area contributed by atoms with Crippen LogP contribution in [0.2, 0.25) is 0 Å². The molecule has 0 heterocycles. The van der Waals surface area contributed by atoms with Crippen LogP contribution in [0.15, 0.2) is 66.7 Å². The highest BCUT2D eigenvalue weighted by Crippen LogP contribution is 2.32. The van der Waals surface area contributed by atoms with Gasteiger partial charge in [-0.1, -0.05) is 42.5 Å². The number of rotatable bonds is 14. The molecule has 3 rings (SSSR count). The van der Waals surface area contributed by atoms with Crippen LogP contribution in [0.4, 0.5) is 5.69 Å². The monoisotopic (exact) mass is 528 g/mol. The van der Waals surface area contributed by atoms with Crippen molar-refractivity contribution in [3.05, 3.63) is 83.4 Å². The quantitative estimate of drug-likeness (QED) is 0.233. The largest absolute Gasteiger partial charge is 0.506 e. The van der Waals surface area contributed by atoms with E-state index in [-0.39, 0.29) is 23.9 Å². The lowest BCUT2D eigenvalue weighted by Crippen LogP contribution is -2.32. The van der Waals surface area contributed by atoms with Gasteiger partial charge in [-0.05, 0) is 67.6 Å². The maximum absolute atomic E-state index is 11.6. The second kappa shape index (κ2) is 13.3. The van der Waals surface area contributed by atoms with Crippen molar-refractivity contribution < 1.29 is 28.1 Å². The van der Waals surface area contributed by atoms with Crippen molar-refractivity contribution >= 4 is 15.7 Å². The highest BCUT2D eigenvalue weighted by atomic mass is 32.2. The van der Waals surface area contributed by atoms with Gasteiger partial charge in [0.2, 0.25) is 10.0 Å². The average molecular weight is 529 g/mol. The van der Waals surface area contributed by atoms with E-state index in [1.807, 2.05) is 50.2 Å². The molecule has 200 valence electrons. The van der Waals surface area contributed by atoms with Gasteiger partial charge in [-0.25, -0.2) is 8.42 Å². The molecule has 0 aliphatic carbocycles. The number of hydrogen-bond acceptors (Lipinski definition) is 7. The third-order valence-corrected chi connectivity index (χ3v) is 6.27. The van der Waals surface area contributed by atoms with Gasteiger partial charge < -0.3 is 25.0 Å². The van der Waals surface area contributed by atoms with Crippen molar-refractivity contribution in [2.75, 3.05) is 30.7 Å². The number of phenols is 1. The first kappa shape index (κ1) is 28.3. The molecule has 3 aromatic carbocycles. The molecule has 0 fully saturated rings. The second-order valence-corrected chi connectivity index (χ2v) is 10.6. The minimum absolute atomic E-state index is 0.0833. The molecular weight excluding hydrogens is 492 g/mol. The first-order chi connectivity index (χ1) is 17.7. The number of sulfonamides is 1. The third-order valence-electron chi connectivity index (χ3n) is 5.68. The molecule has 8 nitrogen and oxygen atoms in total. The Balaban J connectivity index is 1.76. The minimum atomic E-state index is -3.55. The summed E-state index contributed by atoms with van der Waals surface area (Å²) in [7, 11) is -3.55. The summed E-state index contributed by atoms with van der Waals surface area (Å²) in [6.45, 7) is 5.21. The molecule has 0 saturated heterocycles. The van der Waals surface area contributed by atoms with Crippen molar-refractivity contribution in [2.45, 2.75) is 38.8 Å². The molecule has 0 aliphatic heterocycles. The molecule has 9 heteroatoms. The molecule has 0 saturated carbocycles. The zero-order chi connectivity index (χ0) is 26.8. The number of aliphatic hydroxyl groups is 1. The van der Waals surface area contributed by atoms with E-state index in [0.717, 1.165) is 17.4 Å². The van der Waals surface area contributed by atoms with Crippen molar-refractivity contribution in [1.82, 2.24) is 5.32 Å². The van der Waals surface area contributed by atoms with Crippen molar-refractivity contribution in [2.24, 2.45) is 0 Å². The zero-order valence-electron chi connectivity index (χ0n) is 21.5. The van der Waals surface area contributed by atoms with Crippen molar-refractivity contribution in [1.29, 1.82) is 0 Å². The summed E-state index contributed by atoms with van der Waals surface area (Å²) in [6.07, 6.45) is 1.25. The summed E-state index contributed by atoms with van der Waals surface area (Å²) >= 11 is 0. The minimum Gasteiger partial charge on any atom is -0.506 e. The Morgan fingerprint density at radius 3 is 2.24 bits per heavy atom. The van der Waals surface area contributed by atoms with Crippen LogP contribution in [0.3, 0.4) is 0 Å². The topological polar surface area (TPSA) is 117 Å². The molecule has 0 amide bonds. The highest BCUT2D eigenvalue weighted by Gasteiger charge is 2.18. The molecule has 0 spiro atoms. The fraction of sp³-hybridized carbons (Fsp3) is 0.357. The fourth-order valence-electron chi connectivity index (χ4n) is 4.06. The summed E-state index contributed by atoms with van der Waals surface area (Å²) in [4.78, 5) is 0. The fourth-order valence-corrected chi connectivity index (χ4v) is 4.62. The van der Waals surface area contributed by atoms with Crippen LogP contribution < -0.4 is 19.5 Å². The van der Waals surface area contributed by atoms with Crippen molar-refractivity contribution in [3.8, 4) is 17.2 Å². The Morgan fingerprint density at radius 1 is 0.865 bits per heavy atom. The second-order valence-electron chi connectivity index (χ2n) is 8.81. The summed E-state index contributed by atoms with van der Waals surface area (Å²) in [6, 6.07) is 20.5. The molecule has 0 aromatic heterocycles. The molecule has 2 atom stereocenters. The predicted octanol–water partition coefficient (Wildman–Crippen LogP) is 4.04. The number of phenolic OH excluding ortho intramolecular Hbond substituents is 1. The molecule has 4 N–H and O–H groups in total. The standard InChI is InChI=1S/C28H36N2O6S/c1-4-35-27-14-12-22(18-28(27)36-5-2)24(16-20-9-7-6-8-10-20)29-19-23(31)15-21-11-13-26(32)25(17-21)30-37(3,33)34/h6-14,17-18,23-24,29-32H,4-5,15-16,19H2,1-3H3. The van der Waals surface area contributed by atoms with Gasteiger partial charge >= 0.3 is 0 Å². The first-order valence-electron chi connectivity index (χ1n) is 12.3. The van der Waals surface area contributed by atoms with Crippen LogP contribution >= 0.6 is 0 Å². The molecular formula is C28H36N2O6S. The van der Waals surface area contributed by atoms with Crippen molar-refractivity contribution in [3.63, 3.8) is 0 Å².